The molecule has 0 unspecified atom stereocenters. The molecule has 0 amide bonds. The van der Waals surface area contributed by atoms with Gasteiger partial charge in [-0.2, -0.15) is 0 Å². The molecule has 5 aliphatic rings. The van der Waals surface area contributed by atoms with Crippen LogP contribution in [0.1, 0.15) is 84.5 Å². The molecular weight excluding hydrogens is 426 g/mol. The maximum atomic E-state index is 12.4. The van der Waals surface area contributed by atoms with E-state index in [1.54, 1.807) is 6.21 Å². The summed E-state index contributed by atoms with van der Waals surface area (Å²) >= 11 is 0. The Bertz CT molecular complexity index is 730. The predicted octanol–water partition coefficient (Wildman–Crippen LogP) is 3.89. The van der Waals surface area contributed by atoms with Crippen LogP contribution in [-0.2, 0) is 33.2 Å². The van der Waals surface area contributed by atoms with Crippen molar-refractivity contribution in [2.24, 2.45) is 10.9 Å². The molecule has 0 N–H and O–H groups in total. The van der Waals surface area contributed by atoms with Gasteiger partial charge in [0.05, 0.1) is 7.11 Å². The largest absolute Gasteiger partial charge is 0.467 e. The summed E-state index contributed by atoms with van der Waals surface area (Å²) in [6, 6.07) is -0.573. The summed E-state index contributed by atoms with van der Waals surface area (Å²) in [4.78, 5) is 17.0. The Morgan fingerprint density at radius 1 is 0.939 bits per heavy atom. The maximum absolute atomic E-state index is 12.4. The second kappa shape index (κ2) is 9.53. The van der Waals surface area contributed by atoms with E-state index in [0.29, 0.717) is 0 Å². The molecule has 5 rings (SSSR count). The van der Waals surface area contributed by atoms with Gasteiger partial charge >= 0.3 is 5.97 Å². The molecule has 3 saturated heterocycles. The Kier molecular flexibility index (Phi) is 6.84. The molecule has 0 aromatic rings. The Labute approximate surface area is 196 Å². The van der Waals surface area contributed by atoms with Gasteiger partial charge in [0, 0.05) is 31.9 Å². The topological polar surface area (TPSA) is 84.8 Å². The van der Waals surface area contributed by atoms with Gasteiger partial charge in [-0.3, -0.25) is 4.99 Å². The van der Waals surface area contributed by atoms with E-state index < -0.39 is 30.0 Å². The van der Waals surface area contributed by atoms with E-state index in [0.717, 1.165) is 57.8 Å². The third kappa shape index (κ3) is 4.49. The first-order valence-electron chi connectivity index (χ1n) is 13.0. The van der Waals surface area contributed by atoms with Gasteiger partial charge < -0.3 is 28.4 Å². The van der Waals surface area contributed by atoms with Gasteiger partial charge in [0.2, 0.25) is 0 Å². The standard InChI is InChI=1S/C25H39NO7/c1-4-16(2)18(22(27)28-3)26-15-17-19-20(31-24(30-19)11-7-5-8-12-24)21-23(29-17)33-25(32-21)13-9-6-10-14-25/h15-21,23H,4-14H2,1-3H3/t16-,17+,18-,19-,20-,21+,23+/m0/s1. The van der Waals surface area contributed by atoms with Crippen molar-refractivity contribution in [3.63, 3.8) is 0 Å². The fourth-order valence-electron chi connectivity index (χ4n) is 6.07. The van der Waals surface area contributed by atoms with E-state index in [4.69, 9.17) is 28.4 Å². The Morgan fingerprint density at radius 2 is 1.52 bits per heavy atom. The Morgan fingerprint density at radius 3 is 2.12 bits per heavy atom. The fourth-order valence-corrected chi connectivity index (χ4v) is 6.07. The molecule has 8 nitrogen and oxygen atoms in total. The lowest BCUT2D eigenvalue weighted by Crippen LogP contribution is -2.55. The van der Waals surface area contributed by atoms with Gasteiger partial charge in [-0.25, -0.2) is 4.79 Å². The first-order valence-corrected chi connectivity index (χ1v) is 13.0. The average molecular weight is 466 g/mol. The van der Waals surface area contributed by atoms with Crippen molar-refractivity contribution >= 4 is 12.2 Å². The zero-order valence-electron chi connectivity index (χ0n) is 20.2. The highest BCUT2D eigenvalue weighted by Crippen LogP contribution is 2.50. The molecule has 8 heteroatoms. The smallest absolute Gasteiger partial charge is 0.330 e. The highest BCUT2D eigenvalue weighted by molar-refractivity contribution is 5.79. The van der Waals surface area contributed by atoms with Crippen LogP contribution >= 0.6 is 0 Å². The molecule has 3 aliphatic heterocycles. The minimum Gasteiger partial charge on any atom is -0.467 e. The number of carbonyl (C=O) groups excluding carboxylic acids is 1. The fraction of sp³-hybridized carbons (Fsp3) is 0.920. The van der Waals surface area contributed by atoms with Crippen LogP contribution in [-0.4, -0.2) is 67.6 Å². The van der Waals surface area contributed by atoms with Crippen LogP contribution in [0, 0.1) is 5.92 Å². The summed E-state index contributed by atoms with van der Waals surface area (Å²) in [7, 11) is 1.40. The number of hydrogen-bond acceptors (Lipinski definition) is 8. The Hall–Kier alpha value is -1.06. The molecule has 3 heterocycles. The molecule has 2 saturated carbocycles. The van der Waals surface area contributed by atoms with Crippen molar-refractivity contribution in [1.29, 1.82) is 0 Å². The van der Waals surface area contributed by atoms with Crippen LogP contribution in [0.3, 0.4) is 0 Å². The number of methoxy groups -OCH3 is 1. The summed E-state index contributed by atoms with van der Waals surface area (Å²) < 4.78 is 37.6. The number of aliphatic imine (C=N–C) groups is 1. The second-order valence-corrected chi connectivity index (χ2v) is 10.4. The molecule has 0 bridgehead atoms. The number of hydrogen-bond donors (Lipinski definition) is 0. The quantitative estimate of drug-likeness (QED) is 0.450. The molecule has 186 valence electrons. The summed E-state index contributed by atoms with van der Waals surface area (Å²) in [5.41, 5.74) is 0. The monoisotopic (exact) mass is 465 g/mol. The summed E-state index contributed by atoms with van der Waals surface area (Å²) in [5.74, 6) is -1.44. The van der Waals surface area contributed by atoms with E-state index in [1.807, 2.05) is 13.8 Å². The van der Waals surface area contributed by atoms with Crippen molar-refractivity contribution < 1.29 is 33.2 Å². The highest BCUT2D eigenvalue weighted by atomic mass is 16.9. The second-order valence-electron chi connectivity index (χ2n) is 10.4. The van der Waals surface area contributed by atoms with Crippen molar-refractivity contribution in [2.45, 2.75) is 133 Å². The number of esters is 1. The van der Waals surface area contributed by atoms with Crippen molar-refractivity contribution in [3.8, 4) is 0 Å². The lowest BCUT2D eigenvalue weighted by atomic mass is 9.94. The third-order valence-corrected chi connectivity index (χ3v) is 8.16. The van der Waals surface area contributed by atoms with Crippen molar-refractivity contribution in [3.05, 3.63) is 0 Å². The summed E-state index contributed by atoms with van der Waals surface area (Å²) in [6.07, 6.45) is 10.9. The van der Waals surface area contributed by atoms with Gasteiger partial charge in [-0.15, -0.1) is 0 Å². The van der Waals surface area contributed by atoms with Crippen molar-refractivity contribution in [2.75, 3.05) is 7.11 Å². The van der Waals surface area contributed by atoms with Gasteiger partial charge in [-0.05, 0) is 31.6 Å². The molecule has 33 heavy (non-hydrogen) atoms. The number of fused-ring (bicyclic) bond motifs is 3. The zero-order valence-corrected chi connectivity index (χ0v) is 20.2. The van der Waals surface area contributed by atoms with E-state index in [1.165, 1.54) is 20.0 Å². The van der Waals surface area contributed by atoms with E-state index in [-0.39, 0.29) is 30.2 Å². The molecule has 2 aliphatic carbocycles. The van der Waals surface area contributed by atoms with Crippen LogP contribution < -0.4 is 0 Å². The summed E-state index contributed by atoms with van der Waals surface area (Å²) in [6.45, 7) is 4.05. The minimum atomic E-state index is -0.582. The maximum Gasteiger partial charge on any atom is 0.330 e. The highest BCUT2D eigenvalue weighted by Gasteiger charge is 2.63. The predicted molar refractivity (Wildman–Crippen MR) is 120 cm³/mol. The molecule has 5 fully saturated rings. The number of nitrogens with zero attached hydrogens (tertiary/aromatic N) is 1. The first kappa shape index (κ1) is 23.7. The van der Waals surface area contributed by atoms with E-state index in [2.05, 4.69) is 4.99 Å². The lowest BCUT2D eigenvalue weighted by molar-refractivity contribution is -0.240. The van der Waals surface area contributed by atoms with Gasteiger partial charge in [0.1, 0.15) is 30.5 Å². The lowest BCUT2D eigenvalue weighted by Gasteiger charge is -2.35. The van der Waals surface area contributed by atoms with Crippen LogP contribution in [0.2, 0.25) is 0 Å². The number of ether oxygens (including phenoxy) is 6. The van der Waals surface area contributed by atoms with Crippen LogP contribution in [0.4, 0.5) is 0 Å². The van der Waals surface area contributed by atoms with Crippen LogP contribution in [0.5, 0.6) is 0 Å². The van der Waals surface area contributed by atoms with Crippen LogP contribution in [0.15, 0.2) is 4.99 Å². The number of rotatable bonds is 5. The van der Waals surface area contributed by atoms with Crippen LogP contribution in [0.25, 0.3) is 0 Å². The average Bonchev–Trinajstić information content (AvgIpc) is 3.37. The SMILES string of the molecule is CC[C@H](C)[C@H](N=C[C@H]1O[C@@H]2OC3(CCCCC3)O[C@@H]2[C@H]2OC3(CCCCC3)O[C@H]21)C(=O)OC. The minimum absolute atomic E-state index is 0.0582. The van der Waals surface area contributed by atoms with E-state index in [9.17, 15) is 4.79 Å². The molecular formula is C25H39NO7. The van der Waals surface area contributed by atoms with E-state index >= 15 is 0 Å². The first-order chi connectivity index (χ1) is 16.0. The molecule has 0 aromatic carbocycles. The van der Waals surface area contributed by atoms with Gasteiger partial charge in [-0.1, -0.05) is 33.1 Å². The number of carbonyl (C=O) groups is 1. The van der Waals surface area contributed by atoms with Gasteiger partial charge in [0.25, 0.3) is 0 Å². The van der Waals surface area contributed by atoms with Crippen molar-refractivity contribution in [1.82, 2.24) is 0 Å². The molecule has 7 atom stereocenters. The zero-order chi connectivity index (χ0) is 23.1. The Balaban J connectivity index is 1.40. The van der Waals surface area contributed by atoms with Gasteiger partial charge in [0.15, 0.2) is 17.9 Å². The third-order valence-electron chi connectivity index (χ3n) is 8.16. The molecule has 0 aromatic heterocycles. The molecule has 0 radical (unpaired) electrons. The normalized spacial score (nSPS) is 38.8. The summed E-state index contributed by atoms with van der Waals surface area (Å²) in [5, 5.41) is 0. The molecule has 2 spiro atoms.